The van der Waals surface area contributed by atoms with Gasteiger partial charge in [0.15, 0.2) is 0 Å². The van der Waals surface area contributed by atoms with E-state index >= 15 is 0 Å². The number of hydrogen-bond acceptors (Lipinski definition) is 3. The number of rotatable bonds is 2. The molecule has 5 nitrogen and oxygen atoms in total. The van der Waals surface area contributed by atoms with Gasteiger partial charge >= 0.3 is 0 Å². The molecule has 0 radical (unpaired) electrons. The molecule has 0 saturated carbocycles. The highest BCUT2D eigenvalue weighted by Crippen LogP contribution is 2.26. The molecule has 0 aliphatic heterocycles. The Morgan fingerprint density at radius 2 is 1.75 bits per heavy atom. The van der Waals surface area contributed by atoms with Crippen LogP contribution in [-0.4, -0.2) is 15.6 Å². The van der Waals surface area contributed by atoms with Crippen LogP contribution in [0.2, 0.25) is 0 Å². The van der Waals surface area contributed by atoms with E-state index in [1.54, 1.807) is 24.3 Å². The summed E-state index contributed by atoms with van der Waals surface area (Å²) < 4.78 is 1.08. The van der Waals surface area contributed by atoms with E-state index in [2.05, 4.69) is 5.32 Å². The first kappa shape index (κ1) is 15.8. The molecule has 0 atom stereocenters. The first-order valence-electron chi connectivity index (χ1n) is 7.59. The Bertz CT molecular complexity index is 1020. The van der Waals surface area contributed by atoms with Gasteiger partial charge in [-0.05, 0) is 37.1 Å². The molecule has 3 aromatic rings. The lowest BCUT2D eigenvalue weighted by Crippen LogP contribution is -2.22. The summed E-state index contributed by atoms with van der Waals surface area (Å²) in [5.41, 5.74) is 2.37. The number of pyridine rings is 1. The highest BCUT2D eigenvalue weighted by Gasteiger charge is 2.20. The smallest absolute Gasteiger partial charge is 0.261 e. The lowest BCUT2D eigenvalue weighted by atomic mass is 10.1. The molecule has 2 aromatic carbocycles. The summed E-state index contributed by atoms with van der Waals surface area (Å²) in [6, 6.07) is 12.5. The third-order valence-electron chi connectivity index (χ3n) is 4.14. The standard InChI is InChI=1S/C19H18N2O3/c1-11-8-9-12(2)15(10-11)20-17(22)16-13-6-4-5-7-14(13)18(23)21(3)19(16)24/h4-10,24H,1-3H3,(H,20,22). The second-order valence-corrected chi connectivity index (χ2v) is 5.88. The van der Waals surface area contributed by atoms with Crippen molar-refractivity contribution in [3.8, 4) is 5.88 Å². The van der Waals surface area contributed by atoms with E-state index in [4.69, 9.17) is 0 Å². The molecule has 0 aliphatic rings. The topological polar surface area (TPSA) is 71.3 Å². The van der Waals surface area contributed by atoms with Crippen LogP contribution < -0.4 is 10.9 Å². The maximum absolute atomic E-state index is 12.8. The zero-order valence-electron chi connectivity index (χ0n) is 13.8. The van der Waals surface area contributed by atoms with E-state index in [1.165, 1.54) is 7.05 Å². The van der Waals surface area contributed by atoms with E-state index in [1.807, 2.05) is 32.0 Å². The van der Waals surface area contributed by atoms with E-state index in [0.717, 1.165) is 15.7 Å². The summed E-state index contributed by atoms with van der Waals surface area (Å²) in [7, 11) is 1.44. The van der Waals surface area contributed by atoms with Crippen molar-refractivity contribution in [1.82, 2.24) is 4.57 Å². The molecule has 0 spiro atoms. The molecule has 0 aliphatic carbocycles. The first-order chi connectivity index (χ1) is 11.4. The summed E-state index contributed by atoms with van der Waals surface area (Å²) >= 11 is 0. The molecule has 24 heavy (non-hydrogen) atoms. The second kappa shape index (κ2) is 5.85. The van der Waals surface area contributed by atoms with Crippen LogP contribution in [-0.2, 0) is 7.05 Å². The van der Waals surface area contributed by atoms with Crippen molar-refractivity contribution < 1.29 is 9.90 Å². The number of anilines is 1. The number of benzene rings is 2. The molecule has 0 fully saturated rings. The van der Waals surface area contributed by atoms with E-state index < -0.39 is 5.91 Å². The zero-order valence-corrected chi connectivity index (χ0v) is 13.8. The molecule has 122 valence electrons. The molecule has 1 heterocycles. The summed E-state index contributed by atoms with van der Waals surface area (Å²) in [4.78, 5) is 25.0. The molecule has 0 unspecified atom stereocenters. The fraction of sp³-hybridized carbons (Fsp3) is 0.158. The number of nitrogens with one attached hydrogen (secondary N) is 1. The van der Waals surface area contributed by atoms with Crippen molar-refractivity contribution in [3.05, 3.63) is 69.5 Å². The Kier molecular flexibility index (Phi) is 3.85. The number of carbonyl (C=O) groups excluding carboxylic acids is 1. The van der Waals surface area contributed by atoms with E-state index in [-0.39, 0.29) is 17.0 Å². The highest BCUT2D eigenvalue weighted by molar-refractivity contribution is 6.14. The van der Waals surface area contributed by atoms with Crippen molar-refractivity contribution in [3.63, 3.8) is 0 Å². The van der Waals surface area contributed by atoms with Crippen molar-refractivity contribution in [1.29, 1.82) is 0 Å². The van der Waals surface area contributed by atoms with Gasteiger partial charge in [0.25, 0.3) is 11.5 Å². The number of aromatic hydroxyl groups is 1. The maximum atomic E-state index is 12.8. The molecule has 0 bridgehead atoms. The predicted octanol–water partition coefficient (Wildman–Crippen LogP) is 3.11. The normalized spacial score (nSPS) is 10.8. The number of hydrogen-bond donors (Lipinski definition) is 2. The number of fused-ring (bicyclic) bond motifs is 1. The molecule has 3 rings (SSSR count). The van der Waals surface area contributed by atoms with Gasteiger partial charge in [0.1, 0.15) is 5.56 Å². The molecular formula is C19H18N2O3. The van der Waals surface area contributed by atoms with Crippen LogP contribution in [0.25, 0.3) is 10.8 Å². The monoisotopic (exact) mass is 322 g/mol. The number of nitrogens with zero attached hydrogens (tertiary/aromatic N) is 1. The predicted molar refractivity (Wildman–Crippen MR) is 94.7 cm³/mol. The lowest BCUT2D eigenvalue weighted by molar-refractivity contribution is 0.102. The average molecular weight is 322 g/mol. The van der Waals surface area contributed by atoms with Crippen LogP contribution in [0.3, 0.4) is 0 Å². The minimum Gasteiger partial charge on any atom is -0.494 e. The van der Waals surface area contributed by atoms with Crippen LogP contribution in [0, 0.1) is 13.8 Å². The minimum absolute atomic E-state index is 0.0913. The third kappa shape index (κ3) is 2.54. The van der Waals surface area contributed by atoms with Gasteiger partial charge in [0, 0.05) is 23.5 Å². The quantitative estimate of drug-likeness (QED) is 0.761. The van der Waals surface area contributed by atoms with E-state index in [9.17, 15) is 14.7 Å². The molecular weight excluding hydrogens is 304 g/mol. The average Bonchev–Trinajstić information content (AvgIpc) is 2.56. The van der Waals surface area contributed by atoms with Gasteiger partial charge in [-0.2, -0.15) is 0 Å². The summed E-state index contributed by atoms with van der Waals surface area (Å²) in [6.45, 7) is 3.84. The SMILES string of the molecule is Cc1ccc(C)c(NC(=O)c2c(O)n(C)c(=O)c3ccccc23)c1. The third-order valence-corrected chi connectivity index (χ3v) is 4.14. The van der Waals surface area contributed by atoms with Crippen molar-refractivity contribution in [2.75, 3.05) is 5.32 Å². The number of aromatic nitrogens is 1. The highest BCUT2D eigenvalue weighted by atomic mass is 16.3. The van der Waals surface area contributed by atoms with Crippen molar-refractivity contribution in [2.45, 2.75) is 13.8 Å². The minimum atomic E-state index is -0.451. The van der Waals surface area contributed by atoms with Gasteiger partial charge in [-0.3, -0.25) is 14.2 Å². The fourth-order valence-corrected chi connectivity index (χ4v) is 2.73. The van der Waals surface area contributed by atoms with Gasteiger partial charge in [-0.15, -0.1) is 0 Å². The number of carbonyl (C=O) groups is 1. The zero-order chi connectivity index (χ0) is 17.4. The Balaban J connectivity index is 2.17. The molecule has 2 N–H and O–H groups in total. The maximum Gasteiger partial charge on any atom is 0.261 e. The molecule has 1 aromatic heterocycles. The summed E-state index contributed by atoms with van der Waals surface area (Å²) in [5, 5.41) is 14.0. The van der Waals surface area contributed by atoms with Gasteiger partial charge in [0.05, 0.1) is 0 Å². The van der Waals surface area contributed by atoms with Crippen LogP contribution in [0.1, 0.15) is 21.5 Å². The Hall–Kier alpha value is -3.08. The Morgan fingerprint density at radius 1 is 1.08 bits per heavy atom. The fourth-order valence-electron chi connectivity index (χ4n) is 2.73. The van der Waals surface area contributed by atoms with Crippen molar-refractivity contribution in [2.24, 2.45) is 7.05 Å². The summed E-state index contributed by atoms with van der Waals surface area (Å²) in [5.74, 6) is -0.797. The number of aryl methyl sites for hydroxylation is 2. The lowest BCUT2D eigenvalue weighted by Gasteiger charge is -2.14. The van der Waals surface area contributed by atoms with Gasteiger partial charge < -0.3 is 10.4 Å². The van der Waals surface area contributed by atoms with Gasteiger partial charge in [0.2, 0.25) is 5.88 Å². The molecule has 1 amide bonds. The molecule has 5 heteroatoms. The van der Waals surface area contributed by atoms with Gasteiger partial charge in [-0.1, -0.05) is 30.3 Å². The van der Waals surface area contributed by atoms with Crippen LogP contribution in [0.4, 0.5) is 5.69 Å². The molecule has 0 saturated heterocycles. The van der Waals surface area contributed by atoms with Crippen LogP contribution >= 0.6 is 0 Å². The Morgan fingerprint density at radius 3 is 2.46 bits per heavy atom. The second-order valence-electron chi connectivity index (χ2n) is 5.88. The largest absolute Gasteiger partial charge is 0.494 e. The van der Waals surface area contributed by atoms with Gasteiger partial charge in [-0.25, -0.2) is 0 Å². The number of amides is 1. The van der Waals surface area contributed by atoms with Crippen molar-refractivity contribution >= 4 is 22.4 Å². The van der Waals surface area contributed by atoms with E-state index in [0.29, 0.717) is 16.5 Å². The Labute approximate surface area is 139 Å². The first-order valence-corrected chi connectivity index (χ1v) is 7.59. The summed E-state index contributed by atoms with van der Waals surface area (Å²) in [6.07, 6.45) is 0. The van der Waals surface area contributed by atoms with Crippen LogP contribution in [0.15, 0.2) is 47.3 Å². The van der Waals surface area contributed by atoms with Crippen LogP contribution in [0.5, 0.6) is 5.88 Å².